The number of hydrogen-bond donors (Lipinski definition) is 3. The van der Waals surface area contributed by atoms with Crippen LogP contribution in [0.4, 0.5) is 0 Å². The summed E-state index contributed by atoms with van der Waals surface area (Å²) in [6.45, 7) is 1.11. The van der Waals surface area contributed by atoms with E-state index >= 15 is 0 Å². The van der Waals surface area contributed by atoms with Crippen molar-refractivity contribution in [2.75, 3.05) is 13.2 Å². The molecule has 3 N–H and O–H groups in total. The third-order valence-electron chi connectivity index (χ3n) is 2.94. The minimum atomic E-state index is -1.01. The highest BCUT2D eigenvalue weighted by Crippen LogP contribution is 2.11. The Morgan fingerprint density at radius 2 is 1.89 bits per heavy atom. The third kappa shape index (κ3) is 3.06. The number of amides is 1. The molecular formula is C13H16N2O3. The molecule has 0 radical (unpaired) electrons. The van der Waals surface area contributed by atoms with E-state index in [1.54, 1.807) is 19.1 Å². The number of nitrogens with one attached hydrogen (secondary N) is 1. The predicted molar refractivity (Wildman–Crippen MR) is 65.8 cm³/mol. The molecule has 1 aromatic carbocycles. The van der Waals surface area contributed by atoms with E-state index in [-0.39, 0.29) is 19.1 Å². The number of carbonyl (C=O) groups excluding carboxylic acids is 1. The first-order valence-electron chi connectivity index (χ1n) is 5.65. The van der Waals surface area contributed by atoms with Crippen molar-refractivity contribution in [1.82, 2.24) is 5.32 Å². The molecule has 0 spiro atoms. The molecule has 0 atom stereocenters. The molecule has 0 saturated heterocycles. The molecule has 0 heterocycles. The van der Waals surface area contributed by atoms with Crippen LogP contribution in [0.2, 0.25) is 0 Å². The van der Waals surface area contributed by atoms with E-state index < -0.39 is 5.54 Å². The molecule has 1 aromatic rings. The van der Waals surface area contributed by atoms with Gasteiger partial charge in [-0.25, -0.2) is 0 Å². The van der Waals surface area contributed by atoms with Crippen LogP contribution in [0.3, 0.4) is 0 Å². The third-order valence-corrected chi connectivity index (χ3v) is 2.94. The largest absolute Gasteiger partial charge is 0.394 e. The number of nitrogens with zero attached hydrogens (tertiary/aromatic N) is 1. The minimum absolute atomic E-state index is 0.331. The summed E-state index contributed by atoms with van der Waals surface area (Å²) in [5, 5.41) is 29.7. The maximum Gasteiger partial charge on any atom is 0.251 e. The lowest BCUT2D eigenvalue weighted by molar-refractivity contribution is 0.0653. The quantitative estimate of drug-likeness (QED) is 0.704. The van der Waals surface area contributed by atoms with Crippen LogP contribution >= 0.6 is 0 Å². The van der Waals surface area contributed by atoms with Crippen LogP contribution in [0.5, 0.6) is 0 Å². The van der Waals surface area contributed by atoms with E-state index in [0.717, 1.165) is 0 Å². The van der Waals surface area contributed by atoms with Gasteiger partial charge in [0.05, 0.1) is 30.4 Å². The second-order valence-corrected chi connectivity index (χ2v) is 4.09. The van der Waals surface area contributed by atoms with Crippen molar-refractivity contribution in [1.29, 1.82) is 5.26 Å². The van der Waals surface area contributed by atoms with Gasteiger partial charge >= 0.3 is 0 Å². The van der Waals surface area contributed by atoms with Crippen molar-refractivity contribution < 1.29 is 15.0 Å². The Morgan fingerprint density at radius 1 is 1.33 bits per heavy atom. The van der Waals surface area contributed by atoms with E-state index in [9.17, 15) is 15.0 Å². The SMILES string of the molecule is CCC(CO)(CO)NC(=O)c1ccc(C#N)cc1. The summed E-state index contributed by atoms with van der Waals surface area (Å²) in [6, 6.07) is 8.11. The van der Waals surface area contributed by atoms with Crippen molar-refractivity contribution in [3.05, 3.63) is 35.4 Å². The maximum atomic E-state index is 11.9. The number of hydrogen-bond acceptors (Lipinski definition) is 4. The first-order chi connectivity index (χ1) is 8.60. The topological polar surface area (TPSA) is 93.3 Å². The molecule has 5 heteroatoms. The Hall–Kier alpha value is -1.90. The van der Waals surface area contributed by atoms with Crippen molar-refractivity contribution >= 4 is 5.91 Å². The molecule has 0 aliphatic rings. The fourth-order valence-corrected chi connectivity index (χ4v) is 1.45. The zero-order valence-corrected chi connectivity index (χ0v) is 10.2. The van der Waals surface area contributed by atoms with Crippen LogP contribution in [0.15, 0.2) is 24.3 Å². The van der Waals surface area contributed by atoms with E-state index in [4.69, 9.17) is 5.26 Å². The highest BCUT2D eigenvalue weighted by molar-refractivity contribution is 5.94. The van der Waals surface area contributed by atoms with Gasteiger partial charge in [0, 0.05) is 5.56 Å². The van der Waals surface area contributed by atoms with Crippen LogP contribution in [0.1, 0.15) is 29.3 Å². The van der Waals surface area contributed by atoms with E-state index in [0.29, 0.717) is 17.5 Å². The molecule has 0 aliphatic heterocycles. The number of aliphatic hydroxyl groups excluding tert-OH is 2. The summed E-state index contributed by atoms with van der Waals surface area (Å²) >= 11 is 0. The van der Waals surface area contributed by atoms with Gasteiger partial charge in [0.15, 0.2) is 0 Å². The molecule has 0 aromatic heterocycles. The van der Waals surface area contributed by atoms with Gasteiger partial charge in [-0.1, -0.05) is 6.92 Å². The molecule has 0 bridgehead atoms. The second-order valence-electron chi connectivity index (χ2n) is 4.09. The average molecular weight is 248 g/mol. The van der Waals surface area contributed by atoms with Crippen molar-refractivity contribution in [2.45, 2.75) is 18.9 Å². The van der Waals surface area contributed by atoms with E-state index in [1.807, 2.05) is 6.07 Å². The summed E-state index contributed by atoms with van der Waals surface area (Å²) in [5.74, 6) is -0.385. The molecule has 5 nitrogen and oxygen atoms in total. The Labute approximate surface area is 106 Å². The lowest BCUT2D eigenvalue weighted by Gasteiger charge is -2.29. The van der Waals surface area contributed by atoms with Crippen LogP contribution in [0, 0.1) is 11.3 Å². The van der Waals surface area contributed by atoms with Crippen molar-refractivity contribution in [3.63, 3.8) is 0 Å². The monoisotopic (exact) mass is 248 g/mol. The van der Waals surface area contributed by atoms with Gasteiger partial charge in [0.2, 0.25) is 0 Å². The number of nitriles is 1. The van der Waals surface area contributed by atoms with Crippen LogP contribution in [0.25, 0.3) is 0 Å². The maximum absolute atomic E-state index is 11.9. The molecule has 0 aliphatic carbocycles. The Kier molecular flexibility index (Phi) is 4.84. The molecule has 1 rings (SSSR count). The minimum Gasteiger partial charge on any atom is -0.394 e. The fraction of sp³-hybridized carbons (Fsp3) is 0.385. The van der Waals surface area contributed by atoms with E-state index in [2.05, 4.69) is 5.32 Å². The second kappa shape index (κ2) is 6.15. The zero-order valence-electron chi connectivity index (χ0n) is 10.2. The molecule has 18 heavy (non-hydrogen) atoms. The number of rotatable bonds is 5. The molecule has 0 fully saturated rings. The summed E-state index contributed by atoms with van der Waals surface area (Å²) in [6.07, 6.45) is 0.419. The highest BCUT2D eigenvalue weighted by Gasteiger charge is 2.28. The van der Waals surface area contributed by atoms with Gasteiger partial charge in [-0.15, -0.1) is 0 Å². The average Bonchev–Trinajstić information content (AvgIpc) is 2.45. The first kappa shape index (κ1) is 14.2. The zero-order chi connectivity index (χ0) is 13.6. The van der Waals surface area contributed by atoms with Gasteiger partial charge in [-0.05, 0) is 30.7 Å². The number of carbonyl (C=O) groups is 1. The summed E-state index contributed by atoms with van der Waals surface area (Å²) < 4.78 is 0. The number of aliphatic hydroxyl groups is 2. The Bertz CT molecular complexity index is 436. The fourth-order valence-electron chi connectivity index (χ4n) is 1.45. The van der Waals surface area contributed by atoms with Crippen molar-refractivity contribution in [2.24, 2.45) is 0 Å². The Morgan fingerprint density at radius 3 is 2.28 bits per heavy atom. The standard InChI is InChI=1S/C13H16N2O3/c1-2-13(8-16,9-17)15-12(18)11-5-3-10(7-14)4-6-11/h3-6,16-17H,2,8-9H2,1H3,(H,15,18). The smallest absolute Gasteiger partial charge is 0.251 e. The molecule has 1 amide bonds. The van der Waals surface area contributed by atoms with Gasteiger partial charge in [-0.3, -0.25) is 4.79 Å². The van der Waals surface area contributed by atoms with Crippen LogP contribution in [-0.2, 0) is 0 Å². The summed E-state index contributed by atoms with van der Waals surface area (Å²) in [5.41, 5.74) is -0.156. The molecular weight excluding hydrogens is 232 g/mol. The molecule has 0 saturated carbocycles. The first-order valence-corrected chi connectivity index (χ1v) is 5.65. The van der Waals surface area contributed by atoms with Gasteiger partial charge < -0.3 is 15.5 Å². The lowest BCUT2D eigenvalue weighted by atomic mass is 9.97. The summed E-state index contributed by atoms with van der Waals surface area (Å²) in [4.78, 5) is 11.9. The highest BCUT2D eigenvalue weighted by atomic mass is 16.3. The van der Waals surface area contributed by atoms with Gasteiger partial charge in [0.25, 0.3) is 5.91 Å². The van der Waals surface area contributed by atoms with E-state index in [1.165, 1.54) is 12.1 Å². The molecule has 0 unspecified atom stereocenters. The van der Waals surface area contributed by atoms with Gasteiger partial charge in [-0.2, -0.15) is 5.26 Å². The van der Waals surface area contributed by atoms with Crippen LogP contribution < -0.4 is 5.32 Å². The lowest BCUT2D eigenvalue weighted by Crippen LogP contribution is -2.53. The number of benzene rings is 1. The summed E-state index contributed by atoms with van der Waals surface area (Å²) in [7, 11) is 0. The Balaban J connectivity index is 2.84. The van der Waals surface area contributed by atoms with Gasteiger partial charge in [0.1, 0.15) is 0 Å². The van der Waals surface area contributed by atoms with Crippen LogP contribution in [-0.4, -0.2) is 34.9 Å². The normalized spacial score (nSPS) is 10.8. The predicted octanol–water partition coefficient (Wildman–Crippen LogP) is 0.421. The molecule has 96 valence electrons. The van der Waals surface area contributed by atoms with Crippen molar-refractivity contribution in [3.8, 4) is 6.07 Å².